The van der Waals surface area contributed by atoms with Gasteiger partial charge in [0.2, 0.25) is 5.91 Å². The molecule has 1 N–H and O–H groups in total. The van der Waals surface area contributed by atoms with Gasteiger partial charge in [-0.1, -0.05) is 45.0 Å². The molecule has 0 aromatic heterocycles. The largest absolute Gasteiger partial charge is 0.362 e. The zero-order chi connectivity index (χ0) is 12.5. The average molecular weight is 233 g/mol. The number of benzene rings is 1. The lowest BCUT2D eigenvalue weighted by molar-refractivity contribution is -0.133. The van der Waals surface area contributed by atoms with Gasteiger partial charge >= 0.3 is 0 Å². The Morgan fingerprint density at radius 1 is 1.24 bits per heavy atom. The molecule has 1 aromatic carbocycles. The molecule has 1 atom stereocenters. The van der Waals surface area contributed by atoms with E-state index in [4.69, 9.17) is 4.74 Å². The number of hydrogen-bond acceptors (Lipinski definition) is 2. The molecule has 1 heterocycles. The number of ether oxygens (including phenoxy) is 1. The molecule has 3 nitrogen and oxygen atoms in total. The lowest BCUT2D eigenvalue weighted by Gasteiger charge is -2.25. The minimum Gasteiger partial charge on any atom is -0.362 e. The Kier molecular flexibility index (Phi) is 3.20. The lowest BCUT2D eigenvalue weighted by atomic mass is 9.86. The molecule has 0 saturated carbocycles. The number of amides is 1. The molecule has 1 amide bonds. The topological polar surface area (TPSA) is 38.3 Å². The van der Waals surface area contributed by atoms with Gasteiger partial charge in [-0.05, 0) is 16.5 Å². The molecule has 0 aliphatic carbocycles. The van der Waals surface area contributed by atoms with Crippen molar-refractivity contribution in [2.24, 2.45) is 0 Å². The molecule has 1 unspecified atom stereocenters. The molecular weight excluding hydrogens is 214 g/mol. The highest BCUT2D eigenvalue weighted by atomic mass is 16.5. The molecule has 0 radical (unpaired) electrons. The van der Waals surface area contributed by atoms with Crippen molar-refractivity contribution < 1.29 is 9.53 Å². The van der Waals surface area contributed by atoms with Crippen molar-refractivity contribution in [2.75, 3.05) is 13.2 Å². The molecule has 0 bridgehead atoms. The highest BCUT2D eigenvalue weighted by Crippen LogP contribution is 2.25. The first kappa shape index (κ1) is 12.1. The Balaban J connectivity index is 2.10. The summed E-state index contributed by atoms with van der Waals surface area (Å²) in [5, 5.41) is 2.81. The van der Waals surface area contributed by atoms with E-state index < -0.39 is 0 Å². The van der Waals surface area contributed by atoms with Gasteiger partial charge in [0, 0.05) is 6.54 Å². The molecule has 17 heavy (non-hydrogen) atoms. The van der Waals surface area contributed by atoms with E-state index in [1.54, 1.807) is 0 Å². The first-order chi connectivity index (χ1) is 7.97. The monoisotopic (exact) mass is 233 g/mol. The fraction of sp³-hybridized carbons (Fsp3) is 0.500. The van der Waals surface area contributed by atoms with Crippen molar-refractivity contribution in [3.63, 3.8) is 0 Å². The molecular formula is C14H19NO2. The van der Waals surface area contributed by atoms with Gasteiger partial charge in [0.25, 0.3) is 0 Å². The van der Waals surface area contributed by atoms with Crippen molar-refractivity contribution >= 4 is 5.91 Å². The fourth-order valence-electron chi connectivity index (χ4n) is 1.90. The Hall–Kier alpha value is -1.35. The van der Waals surface area contributed by atoms with E-state index in [9.17, 15) is 4.79 Å². The van der Waals surface area contributed by atoms with Crippen LogP contribution in [0.4, 0.5) is 0 Å². The number of carbonyl (C=O) groups excluding carboxylic acids is 1. The highest BCUT2D eigenvalue weighted by Gasteiger charge is 2.20. The Morgan fingerprint density at radius 2 is 1.88 bits per heavy atom. The van der Waals surface area contributed by atoms with Crippen LogP contribution in [-0.2, 0) is 14.9 Å². The van der Waals surface area contributed by atoms with Crippen molar-refractivity contribution in [3.8, 4) is 0 Å². The summed E-state index contributed by atoms with van der Waals surface area (Å²) in [6.45, 7) is 7.30. The maximum atomic E-state index is 11.0. The van der Waals surface area contributed by atoms with Crippen molar-refractivity contribution in [1.29, 1.82) is 0 Å². The maximum absolute atomic E-state index is 11.0. The molecule has 1 aliphatic rings. The standard InChI is InChI=1S/C14H19NO2/c1-14(2,3)11-6-4-10(5-7-11)12-8-15-13(16)9-17-12/h4-7,12H,8-9H2,1-3H3,(H,15,16). The summed E-state index contributed by atoms with van der Waals surface area (Å²) >= 11 is 0. The average Bonchev–Trinajstić information content (AvgIpc) is 2.29. The van der Waals surface area contributed by atoms with Gasteiger partial charge in [0.15, 0.2) is 0 Å². The van der Waals surface area contributed by atoms with Crippen LogP contribution in [-0.4, -0.2) is 19.1 Å². The van der Waals surface area contributed by atoms with E-state index in [0.717, 1.165) is 5.56 Å². The first-order valence-corrected chi connectivity index (χ1v) is 5.95. The summed E-state index contributed by atoms with van der Waals surface area (Å²) in [4.78, 5) is 11.0. The van der Waals surface area contributed by atoms with Gasteiger partial charge in [-0.2, -0.15) is 0 Å². The second kappa shape index (κ2) is 4.49. The van der Waals surface area contributed by atoms with Gasteiger partial charge in [-0.25, -0.2) is 0 Å². The van der Waals surface area contributed by atoms with Gasteiger partial charge in [-0.3, -0.25) is 4.79 Å². The van der Waals surface area contributed by atoms with E-state index in [0.29, 0.717) is 6.54 Å². The second-order valence-corrected chi connectivity index (χ2v) is 5.48. The van der Waals surface area contributed by atoms with Crippen LogP contribution in [0, 0.1) is 0 Å². The quantitative estimate of drug-likeness (QED) is 0.807. The number of hydrogen-bond donors (Lipinski definition) is 1. The molecule has 1 fully saturated rings. The second-order valence-electron chi connectivity index (χ2n) is 5.48. The van der Waals surface area contributed by atoms with Gasteiger partial charge in [-0.15, -0.1) is 0 Å². The molecule has 1 aliphatic heterocycles. The van der Waals surface area contributed by atoms with E-state index in [1.165, 1.54) is 5.56 Å². The predicted molar refractivity (Wildman–Crippen MR) is 66.8 cm³/mol. The number of morpholine rings is 1. The van der Waals surface area contributed by atoms with Crippen molar-refractivity contribution in [3.05, 3.63) is 35.4 Å². The van der Waals surface area contributed by atoms with E-state index >= 15 is 0 Å². The summed E-state index contributed by atoms with van der Waals surface area (Å²) in [6.07, 6.45) is -0.0123. The Labute approximate surface area is 102 Å². The van der Waals surface area contributed by atoms with Crippen LogP contribution >= 0.6 is 0 Å². The van der Waals surface area contributed by atoms with Gasteiger partial charge in [0.05, 0.1) is 0 Å². The molecule has 3 heteroatoms. The summed E-state index contributed by atoms with van der Waals surface area (Å²) in [6, 6.07) is 8.44. The van der Waals surface area contributed by atoms with Crippen LogP contribution < -0.4 is 5.32 Å². The first-order valence-electron chi connectivity index (χ1n) is 5.95. The maximum Gasteiger partial charge on any atom is 0.246 e. The van der Waals surface area contributed by atoms with Crippen molar-refractivity contribution in [1.82, 2.24) is 5.32 Å². The van der Waals surface area contributed by atoms with Crippen molar-refractivity contribution in [2.45, 2.75) is 32.3 Å². The third kappa shape index (κ3) is 2.86. The molecule has 2 rings (SSSR count). The molecule has 0 spiro atoms. The van der Waals surface area contributed by atoms with Crippen LogP contribution in [0.2, 0.25) is 0 Å². The SMILES string of the molecule is CC(C)(C)c1ccc(C2CNC(=O)CO2)cc1. The van der Waals surface area contributed by atoms with Crippen LogP contribution in [0.3, 0.4) is 0 Å². The molecule has 1 aromatic rings. The van der Waals surface area contributed by atoms with Gasteiger partial charge in [0.1, 0.15) is 12.7 Å². The highest BCUT2D eigenvalue weighted by molar-refractivity contribution is 5.77. The Morgan fingerprint density at radius 3 is 2.35 bits per heavy atom. The molecule has 1 saturated heterocycles. The third-order valence-corrected chi connectivity index (χ3v) is 3.05. The zero-order valence-electron chi connectivity index (χ0n) is 10.6. The van der Waals surface area contributed by atoms with Crippen LogP contribution in [0.25, 0.3) is 0 Å². The van der Waals surface area contributed by atoms with E-state index in [1.807, 2.05) is 0 Å². The fourth-order valence-corrected chi connectivity index (χ4v) is 1.90. The minimum absolute atomic E-state index is 0.0123. The third-order valence-electron chi connectivity index (χ3n) is 3.05. The van der Waals surface area contributed by atoms with Crippen LogP contribution in [0.1, 0.15) is 38.0 Å². The summed E-state index contributed by atoms with van der Waals surface area (Å²) in [5.74, 6) is -0.0347. The van der Waals surface area contributed by atoms with Crippen LogP contribution in [0.15, 0.2) is 24.3 Å². The summed E-state index contributed by atoms with van der Waals surface area (Å²) in [7, 11) is 0. The summed E-state index contributed by atoms with van der Waals surface area (Å²) in [5.41, 5.74) is 2.60. The van der Waals surface area contributed by atoms with Gasteiger partial charge < -0.3 is 10.1 Å². The predicted octanol–water partition coefficient (Wildman–Crippen LogP) is 2.17. The normalized spacial score (nSPS) is 21.1. The molecule has 92 valence electrons. The number of carbonyl (C=O) groups is 1. The van der Waals surface area contributed by atoms with Crippen LogP contribution in [0.5, 0.6) is 0 Å². The van der Waals surface area contributed by atoms with E-state index in [-0.39, 0.29) is 24.0 Å². The summed E-state index contributed by atoms with van der Waals surface area (Å²) < 4.78 is 5.49. The minimum atomic E-state index is -0.0347. The smallest absolute Gasteiger partial charge is 0.246 e. The number of rotatable bonds is 1. The Bertz CT molecular complexity index is 393. The number of nitrogens with one attached hydrogen (secondary N) is 1. The zero-order valence-corrected chi connectivity index (χ0v) is 10.6. The van der Waals surface area contributed by atoms with E-state index in [2.05, 4.69) is 50.4 Å². The lowest BCUT2D eigenvalue weighted by Crippen LogP contribution is -2.38.